The van der Waals surface area contributed by atoms with Crippen molar-refractivity contribution in [3.05, 3.63) is 24.3 Å². The molecule has 1 aromatic rings. The quantitative estimate of drug-likeness (QED) is 0.474. The predicted molar refractivity (Wildman–Crippen MR) is 127 cm³/mol. The normalized spacial score (nSPS) is 32.4. The van der Waals surface area contributed by atoms with Crippen molar-refractivity contribution in [2.45, 2.75) is 96.3 Å². The third-order valence-electron chi connectivity index (χ3n) is 8.75. The zero-order valence-corrected chi connectivity index (χ0v) is 20.7. The van der Waals surface area contributed by atoms with Crippen molar-refractivity contribution >= 4 is 13.9 Å². The van der Waals surface area contributed by atoms with Crippen molar-refractivity contribution in [1.29, 1.82) is 0 Å². The molecule has 0 spiro atoms. The maximum absolute atomic E-state index is 5.43. The molecule has 3 saturated carbocycles. The van der Waals surface area contributed by atoms with Gasteiger partial charge in [0, 0.05) is 11.2 Å². The van der Waals surface area contributed by atoms with Crippen molar-refractivity contribution in [2.75, 3.05) is 11.7 Å². The van der Waals surface area contributed by atoms with E-state index in [0.717, 1.165) is 35.0 Å². The van der Waals surface area contributed by atoms with Crippen LogP contribution in [-0.4, -0.2) is 20.9 Å². The number of nitrogens with zero attached hydrogens (tertiary/aromatic N) is 1. The average Bonchev–Trinajstić information content (AvgIpc) is 3.13. The lowest BCUT2D eigenvalue weighted by atomic mass is 9.62. The summed E-state index contributed by atoms with van der Waals surface area (Å²) in [7, 11) is 0.0836. The molecule has 0 bridgehead atoms. The fourth-order valence-corrected chi connectivity index (χ4v) is 13.2. The molecule has 3 fully saturated rings. The summed E-state index contributed by atoms with van der Waals surface area (Å²) in [6.45, 7) is 12.6. The van der Waals surface area contributed by atoms with E-state index in [1.807, 2.05) is 0 Å². The van der Waals surface area contributed by atoms with Gasteiger partial charge in [-0.05, 0) is 99.9 Å². The topological polar surface area (TPSA) is 12.5 Å². The van der Waals surface area contributed by atoms with E-state index >= 15 is 0 Å². The first-order chi connectivity index (χ1) is 13.7. The van der Waals surface area contributed by atoms with E-state index in [-0.39, 0.29) is 5.54 Å². The van der Waals surface area contributed by atoms with Crippen LogP contribution in [0.2, 0.25) is 18.6 Å². The van der Waals surface area contributed by atoms with Crippen molar-refractivity contribution in [2.24, 2.45) is 23.7 Å². The van der Waals surface area contributed by atoms with Gasteiger partial charge in [-0.2, -0.15) is 0 Å². The number of rotatable bonds is 4. The highest BCUT2D eigenvalue weighted by molar-refractivity contribution is 6.82. The summed E-state index contributed by atoms with van der Waals surface area (Å²) in [5.74, 6) is 5.09. The van der Waals surface area contributed by atoms with E-state index in [4.69, 9.17) is 4.74 Å². The van der Waals surface area contributed by atoms with Gasteiger partial charge in [-0.15, -0.1) is 0 Å². The van der Waals surface area contributed by atoms with Gasteiger partial charge in [0.15, 0.2) is 8.24 Å². The summed E-state index contributed by atoms with van der Waals surface area (Å²) in [5, 5.41) is 0. The molecule has 5 atom stereocenters. The third-order valence-corrected chi connectivity index (χ3v) is 13.4. The summed E-state index contributed by atoms with van der Waals surface area (Å²) < 4.78 is 8.29. The van der Waals surface area contributed by atoms with Crippen LogP contribution in [0.25, 0.3) is 0 Å². The number of methoxy groups -OCH3 is 1. The Bertz CT molecular complexity index is 692. The van der Waals surface area contributed by atoms with Gasteiger partial charge >= 0.3 is 0 Å². The highest BCUT2D eigenvalue weighted by atomic mass is 28.3. The van der Waals surface area contributed by atoms with Gasteiger partial charge in [-0.3, -0.25) is 0 Å². The van der Waals surface area contributed by atoms with Gasteiger partial charge in [0.2, 0.25) is 0 Å². The second-order valence-corrected chi connectivity index (χ2v) is 16.2. The molecule has 3 aliphatic rings. The van der Waals surface area contributed by atoms with E-state index in [0.29, 0.717) is 0 Å². The van der Waals surface area contributed by atoms with Gasteiger partial charge in [0.25, 0.3) is 0 Å². The molecular formula is C26H43NOSi. The SMILES string of the molecule is COc1ccc(N(C(C)(C)C)[Si](C)(C)C2CCC3C4CCCCC4CCC32)cc1. The minimum absolute atomic E-state index is 0.143. The van der Waals surface area contributed by atoms with Crippen LogP contribution in [0.1, 0.15) is 72.1 Å². The summed E-state index contributed by atoms with van der Waals surface area (Å²) in [5.41, 5.74) is 2.46. The lowest BCUT2D eigenvalue weighted by Gasteiger charge is -2.53. The highest BCUT2D eigenvalue weighted by Crippen LogP contribution is 2.59. The smallest absolute Gasteiger partial charge is 0.154 e. The van der Waals surface area contributed by atoms with Crippen LogP contribution in [0.5, 0.6) is 5.75 Å². The Morgan fingerprint density at radius 3 is 2.14 bits per heavy atom. The minimum Gasteiger partial charge on any atom is -0.497 e. The number of hydrogen-bond acceptors (Lipinski definition) is 2. The number of hydrogen-bond donors (Lipinski definition) is 0. The molecule has 0 N–H and O–H groups in total. The van der Waals surface area contributed by atoms with E-state index in [2.05, 4.69) is 62.7 Å². The second-order valence-electron chi connectivity index (χ2n) is 11.7. The third kappa shape index (κ3) is 3.89. The van der Waals surface area contributed by atoms with Crippen molar-refractivity contribution in [3.8, 4) is 5.75 Å². The van der Waals surface area contributed by atoms with Crippen LogP contribution in [0.3, 0.4) is 0 Å². The average molecular weight is 414 g/mol. The fourth-order valence-electron chi connectivity index (χ4n) is 7.97. The molecule has 1 aromatic carbocycles. The first-order valence-electron chi connectivity index (χ1n) is 12.2. The molecule has 29 heavy (non-hydrogen) atoms. The van der Waals surface area contributed by atoms with Crippen LogP contribution in [0, 0.1) is 23.7 Å². The first-order valence-corrected chi connectivity index (χ1v) is 15.2. The fraction of sp³-hybridized carbons (Fsp3) is 0.769. The number of benzene rings is 1. The maximum Gasteiger partial charge on any atom is 0.154 e. The molecule has 2 nitrogen and oxygen atoms in total. The van der Waals surface area contributed by atoms with Crippen molar-refractivity contribution in [3.63, 3.8) is 0 Å². The van der Waals surface area contributed by atoms with Gasteiger partial charge in [0.05, 0.1) is 7.11 Å². The largest absolute Gasteiger partial charge is 0.497 e. The molecule has 0 amide bonds. The Hall–Kier alpha value is -0.963. The minimum atomic E-state index is -1.68. The zero-order valence-electron chi connectivity index (χ0n) is 19.7. The van der Waals surface area contributed by atoms with Crippen LogP contribution < -0.4 is 9.30 Å². The van der Waals surface area contributed by atoms with Gasteiger partial charge in [0.1, 0.15) is 5.75 Å². The zero-order chi connectivity index (χ0) is 20.8. The number of anilines is 1. The van der Waals surface area contributed by atoms with Gasteiger partial charge in [-0.25, -0.2) is 0 Å². The monoisotopic (exact) mass is 413 g/mol. The van der Waals surface area contributed by atoms with Crippen LogP contribution in [0.4, 0.5) is 5.69 Å². The van der Waals surface area contributed by atoms with Crippen LogP contribution >= 0.6 is 0 Å². The summed E-state index contributed by atoms with van der Waals surface area (Å²) >= 11 is 0. The summed E-state index contributed by atoms with van der Waals surface area (Å²) in [4.78, 5) is 0. The number of ether oxygens (including phenoxy) is 1. The highest BCUT2D eigenvalue weighted by Gasteiger charge is 2.54. The molecule has 0 aliphatic heterocycles. The lowest BCUT2D eigenvalue weighted by Crippen LogP contribution is -2.61. The molecule has 0 aromatic heterocycles. The second kappa shape index (κ2) is 7.94. The first kappa shape index (κ1) is 21.3. The maximum atomic E-state index is 5.43. The molecule has 3 aliphatic carbocycles. The predicted octanol–water partition coefficient (Wildman–Crippen LogP) is 7.50. The Balaban J connectivity index is 1.62. The molecule has 3 heteroatoms. The Labute approximate surface area is 180 Å². The molecule has 4 rings (SSSR count). The van der Waals surface area contributed by atoms with Crippen molar-refractivity contribution < 1.29 is 4.74 Å². The summed E-state index contributed by atoms with van der Waals surface area (Å²) in [6.07, 6.45) is 12.1. The Morgan fingerprint density at radius 2 is 1.48 bits per heavy atom. The van der Waals surface area contributed by atoms with Crippen LogP contribution in [0.15, 0.2) is 24.3 Å². The lowest BCUT2D eigenvalue weighted by molar-refractivity contribution is 0.0722. The Kier molecular flexibility index (Phi) is 5.83. The van der Waals surface area contributed by atoms with E-state index < -0.39 is 8.24 Å². The van der Waals surface area contributed by atoms with Crippen molar-refractivity contribution in [1.82, 2.24) is 0 Å². The molecule has 5 unspecified atom stereocenters. The van der Waals surface area contributed by atoms with E-state index in [1.165, 1.54) is 57.1 Å². The van der Waals surface area contributed by atoms with Gasteiger partial charge < -0.3 is 9.30 Å². The Morgan fingerprint density at radius 1 is 0.828 bits per heavy atom. The summed E-state index contributed by atoms with van der Waals surface area (Å²) in [6, 6.07) is 8.87. The van der Waals surface area contributed by atoms with E-state index in [1.54, 1.807) is 7.11 Å². The standard InChI is InChI=1S/C26H43NOSi/c1-26(2,3)27(20-12-14-21(28-4)15-13-20)29(5,6)25-18-17-23-22-10-8-7-9-19(22)11-16-24(23)25/h12-15,19,22-25H,7-11,16-18H2,1-6H3. The molecule has 162 valence electrons. The number of fused-ring (bicyclic) bond motifs is 3. The molecular weight excluding hydrogens is 370 g/mol. The molecule has 0 saturated heterocycles. The molecule has 0 radical (unpaired) electrons. The van der Waals surface area contributed by atoms with E-state index in [9.17, 15) is 0 Å². The van der Waals surface area contributed by atoms with Crippen LogP contribution in [-0.2, 0) is 0 Å². The van der Waals surface area contributed by atoms with Gasteiger partial charge in [-0.1, -0.05) is 38.8 Å². The molecule has 0 heterocycles.